The van der Waals surface area contributed by atoms with E-state index in [9.17, 15) is 19.2 Å². The van der Waals surface area contributed by atoms with Gasteiger partial charge in [-0.25, -0.2) is 9.59 Å². The Kier molecular flexibility index (Phi) is 10.7. The first-order valence-electron chi connectivity index (χ1n) is 9.86. The summed E-state index contributed by atoms with van der Waals surface area (Å²) >= 11 is 0. The van der Waals surface area contributed by atoms with E-state index in [2.05, 4.69) is 16.0 Å². The standard InChI is InChI=1S/C20H37N3O6/c1-11(2)10-14(22-19(27)29-20(6,7)8)17(25)21-13(5)16(24)23-15(12(3)4)18(26)28-9/h11-15H,10H2,1-9H3,(H,21,25)(H,22,27)(H,23,24)/t13-,14+,15+/m1/s1. The zero-order valence-electron chi connectivity index (χ0n) is 19.0. The highest BCUT2D eigenvalue weighted by Gasteiger charge is 2.30. The monoisotopic (exact) mass is 415 g/mol. The lowest BCUT2D eigenvalue weighted by atomic mass is 10.0. The van der Waals surface area contributed by atoms with Crippen molar-refractivity contribution in [3.05, 3.63) is 0 Å². The molecule has 0 aliphatic rings. The number of methoxy groups -OCH3 is 1. The molecule has 0 heterocycles. The maximum Gasteiger partial charge on any atom is 0.408 e. The summed E-state index contributed by atoms with van der Waals surface area (Å²) in [5.74, 6) is -1.66. The molecule has 0 aliphatic carbocycles. The van der Waals surface area contributed by atoms with Crippen LogP contribution in [-0.4, -0.2) is 54.7 Å². The van der Waals surface area contributed by atoms with Crippen LogP contribution in [-0.2, 0) is 23.9 Å². The fourth-order valence-electron chi connectivity index (χ4n) is 2.44. The predicted octanol–water partition coefficient (Wildman–Crippen LogP) is 1.74. The summed E-state index contributed by atoms with van der Waals surface area (Å²) in [5.41, 5.74) is -0.699. The van der Waals surface area contributed by atoms with E-state index >= 15 is 0 Å². The van der Waals surface area contributed by atoms with E-state index in [1.807, 2.05) is 13.8 Å². The van der Waals surface area contributed by atoms with Crippen LogP contribution in [0.2, 0.25) is 0 Å². The third kappa shape index (κ3) is 10.7. The molecule has 0 aromatic carbocycles. The number of esters is 1. The second-order valence-electron chi connectivity index (χ2n) is 8.81. The average Bonchev–Trinajstić information content (AvgIpc) is 2.55. The summed E-state index contributed by atoms with van der Waals surface area (Å²) in [5, 5.41) is 7.72. The normalized spacial score (nSPS) is 14.6. The van der Waals surface area contributed by atoms with Gasteiger partial charge in [0.15, 0.2) is 0 Å². The van der Waals surface area contributed by atoms with Crippen LogP contribution < -0.4 is 16.0 Å². The minimum Gasteiger partial charge on any atom is -0.467 e. The van der Waals surface area contributed by atoms with Crippen LogP contribution in [0.3, 0.4) is 0 Å². The van der Waals surface area contributed by atoms with Crippen LogP contribution in [0, 0.1) is 11.8 Å². The molecule has 9 nitrogen and oxygen atoms in total. The van der Waals surface area contributed by atoms with Gasteiger partial charge in [0, 0.05) is 0 Å². The van der Waals surface area contributed by atoms with Crippen molar-refractivity contribution < 1.29 is 28.7 Å². The smallest absolute Gasteiger partial charge is 0.408 e. The number of rotatable bonds is 9. The molecule has 0 aromatic heterocycles. The number of hydrogen-bond donors (Lipinski definition) is 3. The summed E-state index contributed by atoms with van der Waals surface area (Å²) in [6.45, 7) is 14.0. The lowest BCUT2D eigenvalue weighted by Gasteiger charge is -2.26. The SMILES string of the molecule is COC(=O)[C@@H](NC(=O)[C@@H](C)NC(=O)[C@H](CC(C)C)NC(=O)OC(C)(C)C)C(C)C. The summed E-state index contributed by atoms with van der Waals surface area (Å²) in [4.78, 5) is 48.9. The molecule has 9 heteroatoms. The van der Waals surface area contributed by atoms with E-state index in [-0.39, 0.29) is 11.8 Å². The Labute approximate surface area is 173 Å². The minimum atomic E-state index is -0.913. The van der Waals surface area contributed by atoms with Gasteiger partial charge >= 0.3 is 12.1 Å². The molecular weight excluding hydrogens is 378 g/mol. The second kappa shape index (κ2) is 11.6. The van der Waals surface area contributed by atoms with Crippen LogP contribution in [0.5, 0.6) is 0 Å². The first kappa shape index (κ1) is 26.7. The number of carbonyl (C=O) groups excluding carboxylic acids is 4. The molecule has 0 unspecified atom stereocenters. The summed E-state index contributed by atoms with van der Waals surface area (Å²) in [6.07, 6.45) is -0.336. The number of alkyl carbamates (subject to hydrolysis) is 1. The van der Waals surface area contributed by atoms with Crippen molar-refractivity contribution >= 4 is 23.9 Å². The minimum absolute atomic E-state index is 0.120. The van der Waals surface area contributed by atoms with E-state index in [4.69, 9.17) is 9.47 Å². The first-order chi connectivity index (χ1) is 13.2. The Hall–Kier alpha value is -2.32. The van der Waals surface area contributed by atoms with Crippen LogP contribution >= 0.6 is 0 Å². The molecule has 3 amide bonds. The van der Waals surface area contributed by atoms with E-state index in [1.165, 1.54) is 14.0 Å². The van der Waals surface area contributed by atoms with Crippen molar-refractivity contribution in [1.82, 2.24) is 16.0 Å². The van der Waals surface area contributed by atoms with Gasteiger partial charge in [0.2, 0.25) is 11.8 Å². The highest BCUT2D eigenvalue weighted by molar-refractivity contribution is 5.92. The van der Waals surface area contributed by atoms with E-state index in [1.54, 1.807) is 34.6 Å². The number of carbonyl (C=O) groups is 4. The Morgan fingerprint density at radius 1 is 0.862 bits per heavy atom. The van der Waals surface area contributed by atoms with Crippen molar-refractivity contribution in [3.8, 4) is 0 Å². The molecule has 0 aliphatic heterocycles. The summed E-state index contributed by atoms with van der Waals surface area (Å²) in [6, 6.07) is -2.59. The van der Waals surface area contributed by atoms with Gasteiger partial charge in [-0.05, 0) is 46.0 Å². The number of hydrogen-bond acceptors (Lipinski definition) is 6. The largest absolute Gasteiger partial charge is 0.467 e. The van der Waals surface area contributed by atoms with Crippen LogP contribution in [0.4, 0.5) is 4.79 Å². The summed E-state index contributed by atoms with van der Waals surface area (Å²) in [7, 11) is 1.24. The maximum absolute atomic E-state index is 12.7. The van der Waals surface area contributed by atoms with E-state index < -0.39 is 47.6 Å². The van der Waals surface area contributed by atoms with Gasteiger partial charge in [0.25, 0.3) is 0 Å². The molecule has 0 aromatic rings. The van der Waals surface area contributed by atoms with Gasteiger partial charge in [-0.1, -0.05) is 27.7 Å². The second-order valence-corrected chi connectivity index (χ2v) is 8.81. The van der Waals surface area contributed by atoms with Crippen molar-refractivity contribution in [2.75, 3.05) is 7.11 Å². The van der Waals surface area contributed by atoms with Crippen molar-refractivity contribution in [2.45, 2.75) is 85.5 Å². The average molecular weight is 416 g/mol. The third-order valence-electron chi connectivity index (χ3n) is 3.89. The van der Waals surface area contributed by atoms with Crippen LogP contribution in [0.25, 0.3) is 0 Å². The van der Waals surface area contributed by atoms with Gasteiger partial charge in [0.1, 0.15) is 23.7 Å². The Morgan fingerprint density at radius 2 is 1.41 bits per heavy atom. The van der Waals surface area contributed by atoms with Gasteiger partial charge in [-0.2, -0.15) is 0 Å². The van der Waals surface area contributed by atoms with Crippen LogP contribution in [0.1, 0.15) is 61.8 Å². The van der Waals surface area contributed by atoms with Gasteiger partial charge in [0.05, 0.1) is 7.11 Å². The van der Waals surface area contributed by atoms with Gasteiger partial charge in [-0.3, -0.25) is 9.59 Å². The Bertz CT molecular complexity index is 583. The molecule has 0 radical (unpaired) electrons. The molecule has 0 bridgehead atoms. The summed E-state index contributed by atoms with van der Waals surface area (Å²) < 4.78 is 9.91. The lowest BCUT2D eigenvalue weighted by molar-refractivity contribution is -0.146. The number of amides is 3. The van der Waals surface area contributed by atoms with Crippen LogP contribution in [0.15, 0.2) is 0 Å². The van der Waals surface area contributed by atoms with Crippen molar-refractivity contribution in [2.24, 2.45) is 11.8 Å². The van der Waals surface area contributed by atoms with Crippen molar-refractivity contribution in [3.63, 3.8) is 0 Å². The zero-order chi connectivity index (χ0) is 22.9. The van der Waals surface area contributed by atoms with Gasteiger partial charge in [-0.15, -0.1) is 0 Å². The molecular formula is C20H37N3O6. The maximum atomic E-state index is 12.7. The predicted molar refractivity (Wildman–Crippen MR) is 109 cm³/mol. The molecule has 0 saturated carbocycles. The zero-order valence-corrected chi connectivity index (χ0v) is 19.0. The molecule has 0 rings (SSSR count). The molecule has 3 atom stereocenters. The van der Waals surface area contributed by atoms with E-state index in [0.717, 1.165) is 0 Å². The quantitative estimate of drug-likeness (QED) is 0.493. The molecule has 0 spiro atoms. The first-order valence-corrected chi connectivity index (χ1v) is 9.86. The molecule has 0 fully saturated rings. The molecule has 168 valence electrons. The number of nitrogens with one attached hydrogen (secondary N) is 3. The molecule has 29 heavy (non-hydrogen) atoms. The fraction of sp³-hybridized carbons (Fsp3) is 0.800. The highest BCUT2D eigenvalue weighted by Crippen LogP contribution is 2.10. The van der Waals surface area contributed by atoms with E-state index in [0.29, 0.717) is 6.42 Å². The molecule has 0 saturated heterocycles. The third-order valence-corrected chi connectivity index (χ3v) is 3.89. The fourth-order valence-corrected chi connectivity index (χ4v) is 2.44. The lowest BCUT2D eigenvalue weighted by Crippen LogP contribution is -2.56. The molecule has 3 N–H and O–H groups in total. The topological polar surface area (TPSA) is 123 Å². The highest BCUT2D eigenvalue weighted by atomic mass is 16.6. The van der Waals surface area contributed by atoms with Gasteiger partial charge < -0.3 is 25.4 Å². The Balaban J connectivity index is 5.07. The number of ether oxygens (including phenoxy) is 2. The Morgan fingerprint density at radius 3 is 1.83 bits per heavy atom. The van der Waals surface area contributed by atoms with Crippen molar-refractivity contribution in [1.29, 1.82) is 0 Å².